The van der Waals surface area contributed by atoms with Crippen LogP contribution in [0.15, 0.2) is 66.8 Å². The molecule has 0 aliphatic heterocycles. The number of benzene rings is 1. The molecule has 0 saturated heterocycles. The molecule has 2 aromatic rings. The number of carboxylic acid groups (broad SMARTS) is 1. The first kappa shape index (κ1) is 17.2. The molecule has 2 rings (SSSR count). The molecule has 0 radical (unpaired) electrons. The van der Waals surface area contributed by atoms with Gasteiger partial charge in [-0.3, -0.25) is 4.99 Å². The molecule has 0 saturated carbocycles. The first-order chi connectivity index (χ1) is 10.6. The van der Waals surface area contributed by atoms with Crippen molar-refractivity contribution in [2.24, 2.45) is 4.99 Å². The van der Waals surface area contributed by atoms with Crippen molar-refractivity contribution in [2.45, 2.75) is 6.92 Å². The van der Waals surface area contributed by atoms with Gasteiger partial charge in [-0.15, -0.1) is 6.58 Å². The fourth-order valence-corrected chi connectivity index (χ4v) is 1.94. The highest BCUT2D eigenvalue weighted by Gasteiger charge is 2.07. The number of hydrogen-bond acceptors (Lipinski definition) is 2. The molecule has 1 heterocycles. The van der Waals surface area contributed by atoms with Crippen molar-refractivity contribution in [1.29, 1.82) is 0 Å². The number of aliphatic imine (C=N–C) groups is 1. The third kappa shape index (κ3) is 4.06. The van der Waals surface area contributed by atoms with E-state index in [1.165, 1.54) is 0 Å². The summed E-state index contributed by atoms with van der Waals surface area (Å²) in [7, 11) is 1.70. The Kier molecular flexibility index (Phi) is 6.57. The molecular weight excluding hydrogens is 276 g/mol. The predicted molar refractivity (Wildman–Crippen MR) is 93.7 cm³/mol. The van der Waals surface area contributed by atoms with E-state index < -0.39 is 5.97 Å². The molecule has 0 unspecified atom stereocenters. The molecule has 4 nitrogen and oxygen atoms in total. The van der Waals surface area contributed by atoms with Crippen LogP contribution in [-0.2, 0) is 0 Å². The molecule has 0 atom stereocenters. The van der Waals surface area contributed by atoms with Crippen LogP contribution in [0.1, 0.15) is 17.3 Å². The van der Waals surface area contributed by atoms with Gasteiger partial charge in [0.2, 0.25) is 0 Å². The van der Waals surface area contributed by atoms with Crippen LogP contribution in [0, 0.1) is 0 Å². The molecular formula is C18H20N2O2. The van der Waals surface area contributed by atoms with Crippen LogP contribution in [-0.4, -0.2) is 28.9 Å². The summed E-state index contributed by atoms with van der Waals surface area (Å²) in [4.78, 5) is 14.9. The van der Waals surface area contributed by atoms with E-state index in [9.17, 15) is 4.79 Å². The highest BCUT2D eigenvalue weighted by Crippen LogP contribution is 2.20. The molecule has 0 amide bonds. The normalized spacial score (nSPS) is 11.1. The molecule has 0 bridgehead atoms. The number of carboxylic acids is 1. The number of aromatic nitrogens is 1. The number of aromatic carboxylic acids is 1. The number of nitrogens with zero attached hydrogens (tertiary/aromatic N) is 2. The zero-order chi connectivity index (χ0) is 16.5. The monoisotopic (exact) mass is 296 g/mol. The van der Waals surface area contributed by atoms with Crippen molar-refractivity contribution < 1.29 is 9.90 Å². The number of hydrogen-bond donors (Lipinski definition) is 1. The van der Waals surface area contributed by atoms with E-state index in [0.717, 1.165) is 16.6 Å². The van der Waals surface area contributed by atoms with Crippen LogP contribution in [0.2, 0.25) is 0 Å². The van der Waals surface area contributed by atoms with Gasteiger partial charge < -0.3 is 9.67 Å². The number of rotatable bonds is 4. The summed E-state index contributed by atoms with van der Waals surface area (Å²) in [5.74, 6) is -0.924. The van der Waals surface area contributed by atoms with Gasteiger partial charge in [0, 0.05) is 24.8 Å². The summed E-state index contributed by atoms with van der Waals surface area (Å²) in [5, 5.41) is 9.85. The lowest BCUT2D eigenvalue weighted by atomic mass is 10.1. The van der Waals surface area contributed by atoms with Crippen molar-refractivity contribution in [3.05, 3.63) is 67.4 Å². The molecule has 114 valence electrons. The Bertz CT molecular complexity index is 737. The molecule has 0 aliphatic rings. The van der Waals surface area contributed by atoms with E-state index in [2.05, 4.69) is 18.2 Å². The standard InChI is InChI=1S/C15H14N2O2.C3H6/c1-3-4-13(10-16-2)17-8-7-11-9-12(15(18)19)5-6-14(11)17;1-3-2/h3-10H,1H2,2H3,(H,18,19);3H,1H2,2H3/b13-4+,16-10?;. The van der Waals surface area contributed by atoms with Crippen molar-refractivity contribution in [1.82, 2.24) is 4.57 Å². The fraction of sp³-hybridized carbons (Fsp3) is 0.111. The second-order valence-electron chi connectivity index (χ2n) is 4.39. The van der Waals surface area contributed by atoms with E-state index >= 15 is 0 Å². The van der Waals surface area contributed by atoms with Gasteiger partial charge in [0.05, 0.1) is 16.8 Å². The third-order valence-corrected chi connectivity index (χ3v) is 2.77. The van der Waals surface area contributed by atoms with Gasteiger partial charge in [0.15, 0.2) is 0 Å². The quantitative estimate of drug-likeness (QED) is 0.520. The van der Waals surface area contributed by atoms with Gasteiger partial charge in [-0.05, 0) is 37.3 Å². The Labute approximate surface area is 130 Å². The Hall–Kier alpha value is -2.88. The van der Waals surface area contributed by atoms with Crippen molar-refractivity contribution in [3.8, 4) is 0 Å². The van der Waals surface area contributed by atoms with E-state index in [-0.39, 0.29) is 5.56 Å². The third-order valence-electron chi connectivity index (χ3n) is 2.77. The summed E-state index contributed by atoms with van der Waals surface area (Å²) < 4.78 is 1.94. The molecule has 0 spiro atoms. The van der Waals surface area contributed by atoms with Crippen LogP contribution in [0.5, 0.6) is 0 Å². The Balaban J connectivity index is 0.000000745. The molecule has 1 aromatic heterocycles. The summed E-state index contributed by atoms with van der Waals surface area (Å²) >= 11 is 0. The van der Waals surface area contributed by atoms with Gasteiger partial charge in [-0.25, -0.2) is 4.79 Å². The lowest BCUT2D eigenvalue weighted by Crippen LogP contribution is -1.98. The van der Waals surface area contributed by atoms with Crippen molar-refractivity contribution >= 4 is 28.8 Å². The zero-order valence-electron chi connectivity index (χ0n) is 12.9. The van der Waals surface area contributed by atoms with E-state index in [1.54, 1.807) is 43.6 Å². The van der Waals surface area contributed by atoms with Crippen LogP contribution in [0.3, 0.4) is 0 Å². The second-order valence-corrected chi connectivity index (χ2v) is 4.39. The molecule has 0 aliphatic carbocycles. The Morgan fingerprint density at radius 3 is 2.55 bits per heavy atom. The average Bonchev–Trinajstić information content (AvgIpc) is 2.90. The Morgan fingerprint density at radius 2 is 2.00 bits per heavy atom. The largest absolute Gasteiger partial charge is 0.478 e. The maximum atomic E-state index is 10.9. The summed E-state index contributed by atoms with van der Waals surface area (Å²) in [5.41, 5.74) is 2.08. The minimum Gasteiger partial charge on any atom is -0.478 e. The first-order valence-corrected chi connectivity index (χ1v) is 6.75. The van der Waals surface area contributed by atoms with Gasteiger partial charge in [-0.2, -0.15) is 0 Å². The number of allylic oxidation sites excluding steroid dienone is 4. The summed E-state index contributed by atoms with van der Waals surface area (Å²) in [6.45, 7) is 8.93. The van der Waals surface area contributed by atoms with Gasteiger partial charge in [0.25, 0.3) is 0 Å². The summed E-state index contributed by atoms with van der Waals surface area (Å²) in [6, 6.07) is 6.92. The molecule has 0 fully saturated rings. The number of fused-ring (bicyclic) bond motifs is 1. The van der Waals surface area contributed by atoms with Crippen LogP contribution in [0.25, 0.3) is 16.6 Å². The topological polar surface area (TPSA) is 54.6 Å². The zero-order valence-corrected chi connectivity index (χ0v) is 12.9. The van der Waals surface area contributed by atoms with Crippen LogP contribution >= 0.6 is 0 Å². The average molecular weight is 296 g/mol. The van der Waals surface area contributed by atoms with Gasteiger partial charge in [0.1, 0.15) is 0 Å². The van der Waals surface area contributed by atoms with Gasteiger partial charge >= 0.3 is 5.97 Å². The Morgan fingerprint density at radius 1 is 1.32 bits per heavy atom. The van der Waals surface area contributed by atoms with E-state index in [0.29, 0.717) is 0 Å². The smallest absolute Gasteiger partial charge is 0.335 e. The lowest BCUT2D eigenvalue weighted by Gasteiger charge is -2.05. The molecule has 1 aromatic carbocycles. The van der Waals surface area contributed by atoms with Crippen LogP contribution < -0.4 is 0 Å². The van der Waals surface area contributed by atoms with E-state index in [1.807, 2.05) is 29.8 Å². The van der Waals surface area contributed by atoms with Gasteiger partial charge in [-0.1, -0.05) is 18.7 Å². The number of carbonyl (C=O) groups is 1. The van der Waals surface area contributed by atoms with Crippen molar-refractivity contribution in [3.63, 3.8) is 0 Å². The SMILES string of the molecule is C=C/C=C(\C=NC)n1ccc2cc(C(=O)O)ccc21.C=CC. The highest BCUT2D eigenvalue weighted by molar-refractivity contribution is 6.06. The maximum Gasteiger partial charge on any atom is 0.335 e. The first-order valence-electron chi connectivity index (χ1n) is 6.75. The minimum absolute atomic E-state index is 0.281. The molecule has 1 N–H and O–H groups in total. The van der Waals surface area contributed by atoms with Crippen LogP contribution in [0.4, 0.5) is 0 Å². The maximum absolute atomic E-state index is 10.9. The van der Waals surface area contributed by atoms with E-state index in [4.69, 9.17) is 5.11 Å². The van der Waals surface area contributed by atoms with Crippen molar-refractivity contribution in [2.75, 3.05) is 7.05 Å². The predicted octanol–water partition coefficient (Wildman–Crippen LogP) is 4.26. The molecule has 4 heteroatoms. The minimum atomic E-state index is -0.924. The highest BCUT2D eigenvalue weighted by atomic mass is 16.4. The lowest BCUT2D eigenvalue weighted by molar-refractivity contribution is 0.0697. The fourth-order valence-electron chi connectivity index (χ4n) is 1.94. The molecule has 22 heavy (non-hydrogen) atoms. The second kappa shape index (κ2) is 8.42. The summed E-state index contributed by atoms with van der Waals surface area (Å²) in [6.07, 6.45) is 8.89.